The summed E-state index contributed by atoms with van der Waals surface area (Å²) in [7, 11) is 0. The van der Waals surface area contributed by atoms with Gasteiger partial charge in [-0.2, -0.15) is 0 Å². The SMILES string of the molecule is Cl.NCCNC(=O)c1ccccc1NC(=O)COc1ccc(N2CCCC2=O)cc1. The molecular weight excluding hydrogens is 408 g/mol. The Labute approximate surface area is 181 Å². The summed E-state index contributed by atoms with van der Waals surface area (Å²) in [5.74, 6) is -0.0566. The lowest BCUT2D eigenvalue weighted by molar-refractivity contribution is -0.118. The fourth-order valence-electron chi connectivity index (χ4n) is 3.05. The Bertz CT molecular complexity index is 889. The number of carbonyl (C=O) groups is 3. The van der Waals surface area contributed by atoms with E-state index in [0.29, 0.717) is 36.5 Å². The third kappa shape index (κ3) is 5.95. The molecule has 3 amide bonds. The number of hydrogen-bond acceptors (Lipinski definition) is 5. The van der Waals surface area contributed by atoms with Crippen LogP contribution in [0.1, 0.15) is 23.2 Å². The Kier molecular flexibility index (Phi) is 8.64. The predicted octanol–water partition coefficient (Wildman–Crippen LogP) is 1.94. The van der Waals surface area contributed by atoms with Crippen molar-refractivity contribution in [2.75, 3.05) is 36.5 Å². The number of rotatable bonds is 8. The number of amides is 3. The zero-order valence-electron chi connectivity index (χ0n) is 16.4. The van der Waals surface area contributed by atoms with Crippen molar-refractivity contribution in [2.24, 2.45) is 5.73 Å². The van der Waals surface area contributed by atoms with Crippen LogP contribution < -0.4 is 26.0 Å². The lowest BCUT2D eigenvalue weighted by atomic mass is 10.1. The van der Waals surface area contributed by atoms with E-state index in [4.69, 9.17) is 10.5 Å². The summed E-state index contributed by atoms with van der Waals surface area (Å²) in [6.07, 6.45) is 1.44. The fourth-order valence-corrected chi connectivity index (χ4v) is 3.05. The van der Waals surface area contributed by atoms with Gasteiger partial charge in [-0.3, -0.25) is 14.4 Å². The number of halogens is 1. The number of para-hydroxylation sites is 1. The number of nitrogens with zero attached hydrogens (tertiary/aromatic N) is 1. The molecule has 4 N–H and O–H groups in total. The Morgan fingerprint density at radius 1 is 1.10 bits per heavy atom. The molecule has 0 saturated carbocycles. The lowest BCUT2D eigenvalue weighted by Gasteiger charge is -2.16. The summed E-state index contributed by atoms with van der Waals surface area (Å²) in [5.41, 5.74) is 6.98. The largest absolute Gasteiger partial charge is 0.484 e. The van der Waals surface area contributed by atoms with Crippen molar-refractivity contribution in [3.8, 4) is 5.75 Å². The zero-order valence-corrected chi connectivity index (χ0v) is 17.2. The van der Waals surface area contributed by atoms with Gasteiger partial charge in [0, 0.05) is 31.7 Å². The van der Waals surface area contributed by atoms with Crippen LogP contribution in [0.25, 0.3) is 0 Å². The average Bonchev–Trinajstić information content (AvgIpc) is 3.17. The topological polar surface area (TPSA) is 114 Å². The second-order valence-corrected chi connectivity index (χ2v) is 6.57. The van der Waals surface area contributed by atoms with Gasteiger partial charge in [0.25, 0.3) is 11.8 Å². The number of anilines is 2. The molecule has 0 atom stereocenters. The van der Waals surface area contributed by atoms with Crippen LogP contribution in [0.5, 0.6) is 5.75 Å². The molecule has 1 aliphatic rings. The van der Waals surface area contributed by atoms with Gasteiger partial charge in [-0.05, 0) is 42.8 Å². The van der Waals surface area contributed by atoms with Gasteiger partial charge < -0.3 is 26.0 Å². The first-order valence-electron chi connectivity index (χ1n) is 9.49. The first kappa shape index (κ1) is 23.2. The van der Waals surface area contributed by atoms with Crippen LogP contribution >= 0.6 is 12.4 Å². The van der Waals surface area contributed by atoms with Crippen LogP contribution in [0.3, 0.4) is 0 Å². The third-order valence-corrected chi connectivity index (χ3v) is 4.47. The number of hydrogen-bond donors (Lipinski definition) is 3. The molecule has 2 aromatic rings. The molecule has 1 fully saturated rings. The van der Waals surface area contributed by atoms with Crippen LogP contribution in [0, 0.1) is 0 Å². The van der Waals surface area contributed by atoms with Gasteiger partial charge >= 0.3 is 0 Å². The van der Waals surface area contributed by atoms with Crippen molar-refractivity contribution >= 4 is 41.5 Å². The molecule has 160 valence electrons. The number of ether oxygens (including phenoxy) is 1. The molecule has 0 aliphatic carbocycles. The Hall–Kier alpha value is -3.10. The second kappa shape index (κ2) is 11.2. The van der Waals surface area contributed by atoms with Crippen LogP contribution in [0.2, 0.25) is 0 Å². The summed E-state index contributed by atoms with van der Waals surface area (Å²) >= 11 is 0. The molecule has 0 spiro atoms. The Balaban J connectivity index is 0.00000320. The molecule has 9 heteroatoms. The monoisotopic (exact) mass is 432 g/mol. The van der Waals surface area contributed by atoms with Crippen molar-refractivity contribution in [1.29, 1.82) is 0 Å². The summed E-state index contributed by atoms with van der Waals surface area (Å²) in [5, 5.41) is 5.37. The van der Waals surface area contributed by atoms with E-state index in [1.807, 2.05) is 0 Å². The first-order chi connectivity index (χ1) is 14.1. The third-order valence-electron chi connectivity index (χ3n) is 4.47. The highest BCUT2D eigenvalue weighted by Crippen LogP contribution is 2.24. The Morgan fingerprint density at radius 3 is 2.50 bits per heavy atom. The molecule has 0 bridgehead atoms. The highest BCUT2D eigenvalue weighted by molar-refractivity contribution is 6.04. The van der Waals surface area contributed by atoms with E-state index in [2.05, 4.69) is 10.6 Å². The average molecular weight is 433 g/mol. The van der Waals surface area contributed by atoms with Crippen molar-refractivity contribution in [1.82, 2.24) is 5.32 Å². The smallest absolute Gasteiger partial charge is 0.262 e. The normalized spacial score (nSPS) is 12.8. The van der Waals surface area contributed by atoms with Gasteiger partial charge in [0.05, 0.1) is 11.3 Å². The first-order valence-corrected chi connectivity index (χ1v) is 9.49. The summed E-state index contributed by atoms with van der Waals surface area (Å²) in [6.45, 7) is 1.20. The van der Waals surface area contributed by atoms with Crippen molar-refractivity contribution in [3.05, 3.63) is 54.1 Å². The molecule has 0 aromatic heterocycles. The van der Waals surface area contributed by atoms with Crippen molar-refractivity contribution in [3.63, 3.8) is 0 Å². The molecular formula is C21H25ClN4O4. The van der Waals surface area contributed by atoms with E-state index >= 15 is 0 Å². The van der Waals surface area contributed by atoms with Gasteiger partial charge in [0.2, 0.25) is 5.91 Å². The minimum absolute atomic E-state index is 0. The highest BCUT2D eigenvalue weighted by atomic mass is 35.5. The lowest BCUT2D eigenvalue weighted by Crippen LogP contribution is -2.30. The van der Waals surface area contributed by atoms with E-state index in [-0.39, 0.29) is 36.7 Å². The molecule has 3 rings (SSSR count). The van der Waals surface area contributed by atoms with Crippen LogP contribution in [-0.2, 0) is 9.59 Å². The molecule has 1 saturated heterocycles. The fraction of sp³-hybridized carbons (Fsp3) is 0.286. The van der Waals surface area contributed by atoms with Gasteiger partial charge in [0.15, 0.2) is 6.61 Å². The number of nitrogens with two attached hydrogens (primary N) is 1. The maximum Gasteiger partial charge on any atom is 0.262 e. The molecule has 30 heavy (non-hydrogen) atoms. The van der Waals surface area contributed by atoms with Crippen LogP contribution in [0.4, 0.5) is 11.4 Å². The van der Waals surface area contributed by atoms with Crippen molar-refractivity contribution < 1.29 is 19.1 Å². The van der Waals surface area contributed by atoms with E-state index in [1.54, 1.807) is 53.4 Å². The molecule has 8 nitrogen and oxygen atoms in total. The van der Waals surface area contributed by atoms with E-state index < -0.39 is 0 Å². The summed E-state index contributed by atoms with van der Waals surface area (Å²) in [6, 6.07) is 13.8. The quantitative estimate of drug-likeness (QED) is 0.589. The van der Waals surface area contributed by atoms with Crippen molar-refractivity contribution in [2.45, 2.75) is 12.8 Å². The van der Waals surface area contributed by atoms with Gasteiger partial charge in [-0.1, -0.05) is 12.1 Å². The molecule has 1 heterocycles. The predicted molar refractivity (Wildman–Crippen MR) is 117 cm³/mol. The van der Waals surface area contributed by atoms with Crippen LogP contribution in [-0.4, -0.2) is 44.0 Å². The minimum atomic E-state index is -0.386. The van der Waals surface area contributed by atoms with E-state index in [1.165, 1.54) is 0 Å². The van der Waals surface area contributed by atoms with E-state index in [0.717, 1.165) is 18.7 Å². The number of nitrogens with one attached hydrogen (secondary N) is 2. The number of benzene rings is 2. The molecule has 0 radical (unpaired) electrons. The minimum Gasteiger partial charge on any atom is -0.484 e. The number of carbonyl (C=O) groups excluding carboxylic acids is 3. The molecule has 1 aliphatic heterocycles. The maximum atomic E-state index is 12.3. The van der Waals surface area contributed by atoms with Crippen LogP contribution in [0.15, 0.2) is 48.5 Å². The molecule has 2 aromatic carbocycles. The zero-order chi connectivity index (χ0) is 20.6. The van der Waals surface area contributed by atoms with Gasteiger partial charge in [-0.25, -0.2) is 0 Å². The summed E-state index contributed by atoms with van der Waals surface area (Å²) in [4.78, 5) is 38.0. The Morgan fingerprint density at radius 2 is 1.83 bits per heavy atom. The highest BCUT2D eigenvalue weighted by Gasteiger charge is 2.21. The van der Waals surface area contributed by atoms with E-state index in [9.17, 15) is 14.4 Å². The standard InChI is InChI=1S/C21H24N4O4.ClH/c22-11-12-23-21(28)17-4-1-2-5-18(17)24-19(26)14-29-16-9-7-15(8-10-16)25-13-3-6-20(25)27;/h1-2,4-5,7-10H,3,6,11-14,22H2,(H,23,28)(H,24,26);1H. The van der Waals surface area contributed by atoms with Gasteiger partial charge in [-0.15, -0.1) is 12.4 Å². The maximum absolute atomic E-state index is 12.3. The second-order valence-electron chi connectivity index (χ2n) is 6.57. The summed E-state index contributed by atoms with van der Waals surface area (Å²) < 4.78 is 5.52. The molecule has 0 unspecified atom stereocenters. The van der Waals surface area contributed by atoms with Gasteiger partial charge in [0.1, 0.15) is 5.75 Å².